The molecule has 0 aliphatic rings. The zero-order chi connectivity index (χ0) is 25.6. The van der Waals surface area contributed by atoms with Crippen LogP contribution in [0.3, 0.4) is 0 Å². The number of pyridine rings is 2. The Balaban J connectivity index is 0.000000252. The van der Waals surface area contributed by atoms with Crippen molar-refractivity contribution in [1.82, 2.24) is 19.9 Å². The average molecular weight is 472 g/mol. The van der Waals surface area contributed by atoms with Crippen LogP contribution >= 0.6 is 0 Å². The highest BCUT2D eigenvalue weighted by Gasteiger charge is 2.34. The standard InChI is InChI=1S/C9H10F3N.C8H11N.C6H5F3N2/c1-5-4-8(9(10,11)12)6(2)7(3)13-5;1-6-4-5-9-8(3)7(6)2;1-4-2-10-3-11-5(4)6(7,8)9/h4H,1-3H3;4-5H,1-3H3;2-3H,1H3. The summed E-state index contributed by atoms with van der Waals surface area (Å²) in [6.07, 6.45) is -4.78. The Morgan fingerprint density at radius 2 is 1.30 bits per heavy atom. The molecule has 3 aromatic rings. The van der Waals surface area contributed by atoms with E-state index in [1.165, 1.54) is 25.0 Å². The molecule has 10 heteroatoms. The average Bonchev–Trinajstić information content (AvgIpc) is 2.68. The minimum atomic E-state index is -4.37. The molecule has 3 aromatic heterocycles. The highest BCUT2D eigenvalue weighted by atomic mass is 19.4. The Bertz CT molecular complexity index is 1060. The van der Waals surface area contributed by atoms with Crippen LogP contribution in [0.15, 0.2) is 30.9 Å². The molecule has 3 rings (SSSR count). The molecule has 0 unspecified atom stereocenters. The first-order valence-corrected chi connectivity index (χ1v) is 9.80. The van der Waals surface area contributed by atoms with Crippen LogP contribution in [0.25, 0.3) is 0 Å². The van der Waals surface area contributed by atoms with Crippen LogP contribution in [0.1, 0.15) is 50.6 Å². The van der Waals surface area contributed by atoms with Gasteiger partial charge < -0.3 is 0 Å². The van der Waals surface area contributed by atoms with Crippen molar-refractivity contribution in [3.8, 4) is 0 Å². The minimum Gasteiger partial charge on any atom is -0.261 e. The normalized spacial score (nSPS) is 11.2. The molecule has 33 heavy (non-hydrogen) atoms. The maximum absolute atomic E-state index is 12.4. The molecule has 0 atom stereocenters. The fourth-order valence-electron chi connectivity index (χ4n) is 2.65. The maximum atomic E-state index is 12.4. The lowest BCUT2D eigenvalue weighted by molar-refractivity contribution is -0.141. The van der Waals surface area contributed by atoms with E-state index in [1.54, 1.807) is 13.8 Å². The quantitative estimate of drug-likeness (QED) is 0.336. The van der Waals surface area contributed by atoms with Crippen LogP contribution < -0.4 is 0 Å². The summed E-state index contributed by atoms with van der Waals surface area (Å²) in [4.78, 5) is 14.6. The summed E-state index contributed by atoms with van der Waals surface area (Å²) in [5.74, 6) is 0. The molecule has 0 aliphatic carbocycles. The van der Waals surface area contributed by atoms with E-state index < -0.39 is 23.6 Å². The number of aromatic nitrogens is 4. The SMILES string of the molecule is Cc1cc(C(F)(F)F)c(C)c(C)n1.Cc1ccnc(C)c1C.Cc1cncnc1C(F)(F)F. The number of halogens is 6. The van der Waals surface area contributed by atoms with Crippen molar-refractivity contribution in [2.24, 2.45) is 0 Å². The van der Waals surface area contributed by atoms with Gasteiger partial charge in [-0.2, -0.15) is 26.3 Å². The molecule has 0 saturated carbocycles. The van der Waals surface area contributed by atoms with E-state index in [4.69, 9.17) is 0 Å². The lowest BCUT2D eigenvalue weighted by atomic mass is 10.1. The van der Waals surface area contributed by atoms with Crippen LogP contribution in [0.4, 0.5) is 26.3 Å². The molecule has 0 spiro atoms. The highest BCUT2D eigenvalue weighted by molar-refractivity contribution is 5.32. The van der Waals surface area contributed by atoms with E-state index in [9.17, 15) is 26.3 Å². The number of hydrogen-bond donors (Lipinski definition) is 0. The number of nitrogens with zero attached hydrogens (tertiary/aromatic N) is 4. The lowest BCUT2D eigenvalue weighted by Crippen LogP contribution is -2.10. The second-order valence-corrected chi connectivity index (χ2v) is 7.41. The zero-order valence-corrected chi connectivity index (χ0v) is 19.4. The van der Waals surface area contributed by atoms with E-state index >= 15 is 0 Å². The Kier molecular flexibility index (Phi) is 9.50. The molecule has 180 valence electrons. The molecule has 0 aliphatic heterocycles. The summed E-state index contributed by atoms with van der Waals surface area (Å²) >= 11 is 0. The van der Waals surface area contributed by atoms with Crippen molar-refractivity contribution in [2.45, 2.75) is 60.8 Å². The number of aryl methyl sites for hydroxylation is 5. The maximum Gasteiger partial charge on any atom is 0.433 e. The highest BCUT2D eigenvalue weighted by Crippen LogP contribution is 2.32. The zero-order valence-electron chi connectivity index (χ0n) is 19.4. The summed E-state index contributed by atoms with van der Waals surface area (Å²) in [6, 6.07) is 3.10. The molecule has 4 nitrogen and oxygen atoms in total. The summed E-state index contributed by atoms with van der Waals surface area (Å²) in [7, 11) is 0. The van der Waals surface area contributed by atoms with E-state index in [1.807, 2.05) is 19.2 Å². The Hall–Kier alpha value is -3.04. The Morgan fingerprint density at radius 1 is 0.697 bits per heavy atom. The summed E-state index contributed by atoms with van der Waals surface area (Å²) in [5, 5.41) is 0. The molecule has 0 radical (unpaired) electrons. The third kappa shape index (κ3) is 8.43. The van der Waals surface area contributed by atoms with Crippen LogP contribution in [-0.2, 0) is 12.4 Å². The van der Waals surface area contributed by atoms with Gasteiger partial charge in [0.05, 0.1) is 5.56 Å². The van der Waals surface area contributed by atoms with E-state index in [-0.39, 0.29) is 11.1 Å². The van der Waals surface area contributed by atoms with Gasteiger partial charge in [0.1, 0.15) is 6.33 Å². The van der Waals surface area contributed by atoms with Gasteiger partial charge in [-0.05, 0) is 82.9 Å². The first kappa shape index (κ1) is 28.0. The number of rotatable bonds is 0. The monoisotopic (exact) mass is 472 g/mol. The lowest BCUT2D eigenvalue weighted by Gasteiger charge is -2.12. The van der Waals surface area contributed by atoms with Crippen molar-refractivity contribution in [1.29, 1.82) is 0 Å². The van der Waals surface area contributed by atoms with Gasteiger partial charge in [0.2, 0.25) is 0 Å². The first-order valence-electron chi connectivity index (χ1n) is 9.80. The smallest absolute Gasteiger partial charge is 0.261 e. The Labute approximate surface area is 189 Å². The molecule has 0 aromatic carbocycles. The van der Waals surface area contributed by atoms with Crippen LogP contribution in [0.5, 0.6) is 0 Å². The second kappa shape index (κ2) is 11.2. The van der Waals surface area contributed by atoms with Crippen molar-refractivity contribution >= 4 is 0 Å². The van der Waals surface area contributed by atoms with Crippen molar-refractivity contribution in [3.05, 3.63) is 81.4 Å². The third-order valence-electron chi connectivity index (χ3n) is 4.84. The van der Waals surface area contributed by atoms with Crippen LogP contribution in [-0.4, -0.2) is 19.9 Å². The molecule has 0 saturated heterocycles. The van der Waals surface area contributed by atoms with Gasteiger partial charge in [-0.15, -0.1) is 0 Å². The molecule has 0 bridgehead atoms. The molecular weight excluding hydrogens is 446 g/mol. The molecule has 0 N–H and O–H groups in total. The summed E-state index contributed by atoms with van der Waals surface area (Å²) < 4.78 is 73.0. The first-order chi connectivity index (χ1) is 15.1. The summed E-state index contributed by atoms with van der Waals surface area (Å²) in [6.45, 7) is 12.1. The second-order valence-electron chi connectivity index (χ2n) is 7.41. The van der Waals surface area contributed by atoms with E-state index in [0.29, 0.717) is 11.4 Å². The van der Waals surface area contributed by atoms with Gasteiger partial charge in [-0.1, -0.05) is 0 Å². The van der Waals surface area contributed by atoms with Gasteiger partial charge in [0.15, 0.2) is 5.69 Å². The topological polar surface area (TPSA) is 51.6 Å². The largest absolute Gasteiger partial charge is 0.433 e. The van der Waals surface area contributed by atoms with E-state index in [2.05, 4.69) is 33.8 Å². The number of alkyl halides is 6. The third-order valence-corrected chi connectivity index (χ3v) is 4.84. The van der Waals surface area contributed by atoms with Crippen molar-refractivity contribution < 1.29 is 26.3 Å². The van der Waals surface area contributed by atoms with Crippen LogP contribution in [0, 0.1) is 48.5 Å². The predicted molar refractivity (Wildman–Crippen MR) is 114 cm³/mol. The van der Waals surface area contributed by atoms with Gasteiger partial charge in [-0.3, -0.25) is 9.97 Å². The van der Waals surface area contributed by atoms with Crippen LogP contribution in [0.2, 0.25) is 0 Å². The molecule has 0 amide bonds. The summed E-state index contributed by atoms with van der Waals surface area (Å²) in [5.41, 5.74) is 3.39. The van der Waals surface area contributed by atoms with Gasteiger partial charge in [0.25, 0.3) is 0 Å². The van der Waals surface area contributed by atoms with Crippen molar-refractivity contribution in [2.75, 3.05) is 0 Å². The van der Waals surface area contributed by atoms with Gasteiger partial charge in [0, 0.05) is 29.5 Å². The Morgan fingerprint density at radius 3 is 1.73 bits per heavy atom. The molecule has 0 fully saturated rings. The molecule has 3 heterocycles. The van der Waals surface area contributed by atoms with Crippen molar-refractivity contribution in [3.63, 3.8) is 0 Å². The number of hydrogen-bond acceptors (Lipinski definition) is 4. The fourth-order valence-corrected chi connectivity index (χ4v) is 2.65. The van der Waals surface area contributed by atoms with E-state index in [0.717, 1.165) is 24.3 Å². The predicted octanol–water partition coefficient (Wildman–Crippen LogP) is 6.84. The fraction of sp³-hybridized carbons (Fsp3) is 0.391. The van der Waals surface area contributed by atoms with Gasteiger partial charge in [-0.25, -0.2) is 9.97 Å². The minimum absolute atomic E-state index is 0.0417. The molecular formula is C23H26F6N4. The van der Waals surface area contributed by atoms with Gasteiger partial charge >= 0.3 is 12.4 Å².